The maximum Gasteiger partial charge on any atom is 0.305 e. The predicted octanol–water partition coefficient (Wildman–Crippen LogP) is 3.25. The topological polar surface area (TPSA) is 53.4 Å². The van der Waals surface area contributed by atoms with Gasteiger partial charge in [-0.05, 0) is 31.0 Å². The number of carbonyl (C=O) groups is 1. The van der Waals surface area contributed by atoms with Gasteiger partial charge in [0.1, 0.15) is 5.82 Å². The average molecular weight is 264 g/mol. The third-order valence-corrected chi connectivity index (χ3v) is 3.10. The highest BCUT2D eigenvalue weighted by Crippen LogP contribution is 2.14. The van der Waals surface area contributed by atoms with Crippen molar-refractivity contribution in [2.24, 2.45) is 0 Å². The van der Waals surface area contributed by atoms with E-state index < -0.39 is 5.97 Å². The lowest BCUT2D eigenvalue weighted by atomic mass is 10.2. The summed E-state index contributed by atoms with van der Waals surface area (Å²) in [5.41, 5.74) is 1.15. The Hall–Kier alpha value is -1.58. The van der Waals surface area contributed by atoms with Gasteiger partial charge in [0.15, 0.2) is 0 Å². The average Bonchev–Trinajstić information content (AvgIpc) is 2.37. The van der Waals surface area contributed by atoms with Crippen LogP contribution in [0.15, 0.2) is 18.3 Å². The summed E-state index contributed by atoms with van der Waals surface area (Å²) in [7, 11) is 0. The first kappa shape index (κ1) is 15.5. The fourth-order valence-corrected chi connectivity index (χ4v) is 1.99. The zero-order valence-corrected chi connectivity index (χ0v) is 11.9. The molecule has 0 aliphatic heterocycles. The largest absolute Gasteiger partial charge is 0.481 e. The minimum atomic E-state index is -0.758. The summed E-state index contributed by atoms with van der Waals surface area (Å²) in [6.45, 7) is 5.61. The maximum atomic E-state index is 10.7. The number of nitrogens with zero attached hydrogens (tertiary/aromatic N) is 2. The van der Waals surface area contributed by atoms with Crippen LogP contribution in [0.25, 0.3) is 0 Å². The third kappa shape index (κ3) is 6.22. The van der Waals surface area contributed by atoms with Crippen LogP contribution in [0.3, 0.4) is 0 Å². The van der Waals surface area contributed by atoms with E-state index in [2.05, 4.69) is 16.8 Å². The van der Waals surface area contributed by atoms with Crippen LogP contribution in [-0.2, 0) is 4.79 Å². The van der Waals surface area contributed by atoms with Crippen LogP contribution in [0.2, 0.25) is 0 Å². The number of aromatic nitrogens is 1. The molecule has 1 N–H and O–H groups in total. The van der Waals surface area contributed by atoms with Crippen molar-refractivity contribution in [1.82, 2.24) is 4.98 Å². The SMILES string of the molecule is CCCCCCN(CCC(=O)O)c1cc(C)ccn1. The van der Waals surface area contributed by atoms with Crippen LogP contribution in [0.4, 0.5) is 5.82 Å². The fraction of sp³-hybridized carbons (Fsp3) is 0.600. The Morgan fingerprint density at radius 1 is 1.32 bits per heavy atom. The Morgan fingerprint density at radius 2 is 2.11 bits per heavy atom. The Kier molecular flexibility index (Phi) is 6.93. The molecule has 0 saturated heterocycles. The van der Waals surface area contributed by atoms with Crippen LogP contribution in [-0.4, -0.2) is 29.1 Å². The molecule has 0 amide bonds. The zero-order chi connectivity index (χ0) is 14.1. The van der Waals surface area contributed by atoms with Crippen molar-refractivity contribution in [1.29, 1.82) is 0 Å². The molecule has 0 radical (unpaired) electrons. The molecule has 0 spiro atoms. The summed E-state index contributed by atoms with van der Waals surface area (Å²) in [6.07, 6.45) is 6.65. The van der Waals surface area contributed by atoms with Crippen LogP contribution in [0.1, 0.15) is 44.6 Å². The number of aryl methyl sites for hydroxylation is 1. The number of unbranched alkanes of at least 4 members (excludes halogenated alkanes) is 3. The highest BCUT2D eigenvalue weighted by Gasteiger charge is 2.09. The molecule has 0 atom stereocenters. The number of hydrogen-bond donors (Lipinski definition) is 1. The van der Waals surface area contributed by atoms with E-state index in [-0.39, 0.29) is 6.42 Å². The minimum absolute atomic E-state index is 0.156. The molecule has 0 bridgehead atoms. The van der Waals surface area contributed by atoms with E-state index >= 15 is 0 Å². The second-order valence-electron chi connectivity index (χ2n) is 4.88. The number of rotatable bonds is 9. The van der Waals surface area contributed by atoms with Crippen LogP contribution in [0, 0.1) is 6.92 Å². The van der Waals surface area contributed by atoms with Gasteiger partial charge in [-0.15, -0.1) is 0 Å². The van der Waals surface area contributed by atoms with Crippen molar-refractivity contribution in [2.75, 3.05) is 18.0 Å². The molecule has 106 valence electrons. The number of carboxylic acids is 1. The summed E-state index contributed by atoms with van der Waals surface area (Å²) >= 11 is 0. The summed E-state index contributed by atoms with van der Waals surface area (Å²) in [5, 5.41) is 8.83. The van der Waals surface area contributed by atoms with E-state index in [0.29, 0.717) is 6.54 Å². The van der Waals surface area contributed by atoms with Crippen molar-refractivity contribution >= 4 is 11.8 Å². The summed E-state index contributed by atoms with van der Waals surface area (Å²) in [5.74, 6) is 0.129. The van der Waals surface area contributed by atoms with Crippen molar-refractivity contribution in [3.05, 3.63) is 23.9 Å². The summed E-state index contributed by atoms with van der Waals surface area (Å²) in [4.78, 5) is 17.2. The second kappa shape index (κ2) is 8.51. The van der Waals surface area contributed by atoms with Gasteiger partial charge < -0.3 is 10.0 Å². The maximum absolute atomic E-state index is 10.7. The quantitative estimate of drug-likeness (QED) is 0.696. The van der Waals surface area contributed by atoms with E-state index in [4.69, 9.17) is 5.11 Å². The molecule has 0 aliphatic rings. The van der Waals surface area contributed by atoms with Gasteiger partial charge in [-0.1, -0.05) is 26.2 Å². The number of hydrogen-bond acceptors (Lipinski definition) is 3. The number of carboxylic acid groups (broad SMARTS) is 1. The van der Waals surface area contributed by atoms with Gasteiger partial charge in [0.2, 0.25) is 0 Å². The van der Waals surface area contributed by atoms with Gasteiger partial charge in [-0.2, -0.15) is 0 Å². The molecule has 19 heavy (non-hydrogen) atoms. The highest BCUT2D eigenvalue weighted by molar-refractivity contribution is 5.67. The number of aliphatic carboxylic acids is 1. The number of anilines is 1. The van der Waals surface area contributed by atoms with Gasteiger partial charge in [-0.25, -0.2) is 4.98 Å². The lowest BCUT2D eigenvalue weighted by molar-refractivity contribution is -0.136. The van der Waals surface area contributed by atoms with E-state index in [1.807, 2.05) is 19.1 Å². The summed E-state index contributed by atoms with van der Waals surface area (Å²) in [6, 6.07) is 3.97. The first-order chi connectivity index (χ1) is 9.13. The monoisotopic (exact) mass is 264 g/mol. The molecule has 0 aromatic carbocycles. The van der Waals surface area contributed by atoms with Crippen molar-refractivity contribution in [3.8, 4) is 0 Å². The molecular formula is C15H24N2O2. The predicted molar refractivity (Wildman–Crippen MR) is 77.6 cm³/mol. The standard InChI is InChI=1S/C15H24N2O2/c1-3-4-5-6-10-17(11-8-15(18)19)14-12-13(2)7-9-16-14/h7,9,12H,3-6,8,10-11H2,1-2H3,(H,18,19). The van der Waals surface area contributed by atoms with Crippen LogP contribution >= 0.6 is 0 Å². The Bertz CT molecular complexity index is 393. The summed E-state index contributed by atoms with van der Waals surface area (Å²) < 4.78 is 0. The van der Waals surface area contributed by atoms with Gasteiger partial charge in [-0.3, -0.25) is 4.79 Å². The lowest BCUT2D eigenvalue weighted by Gasteiger charge is -2.23. The van der Waals surface area contributed by atoms with Gasteiger partial charge in [0, 0.05) is 19.3 Å². The zero-order valence-electron chi connectivity index (χ0n) is 11.9. The molecule has 0 aliphatic carbocycles. The highest BCUT2D eigenvalue weighted by atomic mass is 16.4. The van der Waals surface area contributed by atoms with Crippen molar-refractivity contribution in [2.45, 2.75) is 46.0 Å². The van der Waals surface area contributed by atoms with Crippen molar-refractivity contribution < 1.29 is 9.90 Å². The number of pyridine rings is 1. The normalized spacial score (nSPS) is 10.4. The molecule has 1 aromatic rings. The van der Waals surface area contributed by atoms with Crippen LogP contribution in [0.5, 0.6) is 0 Å². The molecule has 4 heteroatoms. The second-order valence-corrected chi connectivity index (χ2v) is 4.88. The Balaban J connectivity index is 2.60. The van der Waals surface area contributed by atoms with Gasteiger partial charge >= 0.3 is 5.97 Å². The van der Waals surface area contributed by atoms with Gasteiger partial charge in [0.25, 0.3) is 0 Å². The first-order valence-corrected chi connectivity index (χ1v) is 7.03. The lowest BCUT2D eigenvalue weighted by Crippen LogP contribution is -2.28. The van der Waals surface area contributed by atoms with E-state index in [0.717, 1.165) is 24.3 Å². The minimum Gasteiger partial charge on any atom is -0.481 e. The molecule has 4 nitrogen and oxygen atoms in total. The molecule has 0 saturated carbocycles. The van der Waals surface area contributed by atoms with Crippen LogP contribution < -0.4 is 4.90 Å². The molecule has 0 fully saturated rings. The van der Waals surface area contributed by atoms with E-state index in [1.165, 1.54) is 19.3 Å². The smallest absolute Gasteiger partial charge is 0.305 e. The molecule has 0 unspecified atom stereocenters. The molecular weight excluding hydrogens is 240 g/mol. The molecule has 1 heterocycles. The van der Waals surface area contributed by atoms with E-state index in [9.17, 15) is 4.79 Å². The third-order valence-electron chi connectivity index (χ3n) is 3.10. The van der Waals surface area contributed by atoms with Gasteiger partial charge in [0.05, 0.1) is 6.42 Å². The van der Waals surface area contributed by atoms with Crippen molar-refractivity contribution in [3.63, 3.8) is 0 Å². The first-order valence-electron chi connectivity index (χ1n) is 7.03. The fourth-order valence-electron chi connectivity index (χ4n) is 1.99. The Labute approximate surface area is 115 Å². The molecule has 1 rings (SSSR count). The molecule has 1 aromatic heterocycles. The van der Waals surface area contributed by atoms with E-state index in [1.54, 1.807) is 6.20 Å². The Morgan fingerprint density at radius 3 is 2.74 bits per heavy atom.